The molecule has 1 aliphatic rings. The molecule has 0 saturated carbocycles. The van der Waals surface area contributed by atoms with E-state index in [0.717, 1.165) is 11.8 Å². The fourth-order valence-electron chi connectivity index (χ4n) is 3.56. The van der Waals surface area contributed by atoms with Crippen molar-refractivity contribution < 1.29 is 23.9 Å². The van der Waals surface area contributed by atoms with Gasteiger partial charge in [-0.3, -0.25) is 19.7 Å². The van der Waals surface area contributed by atoms with Crippen molar-refractivity contribution in [2.45, 2.75) is 57.7 Å². The van der Waals surface area contributed by atoms with Crippen LogP contribution in [0.5, 0.6) is 0 Å². The van der Waals surface area contributed by atoms with Crippen LogP contribution in [0.2, 0.25) is 0 Å². The lowest BCUT2D eigenvalue weighted by Crippen LogP contribution is -2.53. The molecule has 8 nitrogen and oxygen atoms in total. The van der Waals surface area contributed by atoms with Crippen molar-refractivity contribution in [3.63, 3.8) is 0 Å². The molecule has 29 heavy (non-hydrogen) atoms. The summed E-state index contributed by atoms with van der Waals surface area (Å²) in [7, 11) is 0. The van der Waals surface area contributed by atoms with Crippen LogP contribution in [0.4, 0.5) is 0 Å². The quantitative estimate of drug-likeness (QED) is 0.276. The molecule has 0 spiro atoms. The first-order valence-electron chi connectivity index (χ1n) is 9.96. The summed E-state index contributed by atoms with van der Waals surface area (Å²) in [4.78, 5) is 41.6. The molecule has 1 unspecified atom stereocenters. The molecule has 3 atom stereocenters. The lowest BCUT2D eigenvalue weighted by molar-refractivity contribution is -0.146. The molecule has 0 aliphatic carbocycles. The van der Waals surface area contributed by atoms with Gasteiger partial charge in [-0.1, -0.05) is 30.3 Å². The topological polar surface area (TPSA) is 112 Å². The summed E-state index contributed by atoms with van der Waals surface area (Å²) in [6.07, 6.45) is 3.20. The maximum absolute atomic E-state index is 12.9. The van der Waals surface area contributed by atoms with E-state index in [4.69, 9.17) is 10.3 Å². The molecule has 1 aromatic carbocycles. The molecule has 1 N–H and O–H groups in total. The van der Waals surface area contributed by atoms with Crippen molar-refractivity contribution in [3.8, 4) is 0 Å². The molecule has 8 heteroatoms. The highest BCUT2D eigenvalue weighted by atomic mass is 16.5. The van der Waals surface area contributed by atoms with Gasteiger partial charge in [0.25, 0.3) is 5.78 Å². The molecule has 1 saturated heterocycles. The molecular weight excluding hydrogens is 372 g/mol. The average molecular weight is 400 g/mol. The first-order chi connectivity index (χ1) is 14.0. The number of hydrogen-bond donors (Lipinski definition) is 1. The van der Waals surface area contributed by atoms with E-state index in [9.17, 15) is 14.4 Å². The standard InChI is InChI=1S/C21H28N4O4/c1-3-29-21(28)17(12-11-16-8-5-4-6-9-16)24-15(2)20(27)25-13-7-10-18(25)19(26)14-23-22/h4-6,8-9,14-15,17-18,24H,3,7,10-13H2,1-2H3/t15-,17?,18-/m0/s1. The van der Waals surface area contributed by atoms with Crippen LogP contribution >= 0.6 is 0 Å². The normalized spacial score (nSPS) is 17.9. The molecule has 0 bridgehead atoms. The lowest BCUT2D eigenvalue weighted by atomic mass is 10.0. The summed E-state index contributed by atoms with van der Waals surface area (Å²) in [6.45, 7) is 4.13. The van der Waals surface area contributed by atoms with Gasteiger partial charge < -0.3 is 15.2 Å². The van der Waals surface area contributed by atoms with Crippen molar-refractivity contribution in [2.75, 3.05) is 13.2 Å². The summed E-state index contributed by atoms with van der Waals surface area (Å²) >= 11 is 0. The Morgan fingerprint density at radius 2 is 2.07 bits per heavy atom. The van der Waals surface area contributed by atoms with Gasteiger partial charge in [-0.05, 0) is 45.1 Å². The Labute approximate surface area is 170 Å². The zero-order chi connectivity index (χ0) is 21.2. The van der Waals surface area contributed by atoms with Crippen LogP contribution < -0.4 is 5.32 Å². The third-order valence-corrected chi connectivity index (χ3v) is 5.01. The minimum absolute atomic E-state index is 0.258. The molecule has 1 heterocycles. The van der Waals surface area contributed by atoms with Crippen LogP contribution in [0.25, 0.3) is 5.53 Å². The van der Waals surface area contributed by atoms with Crippen LogP contribution in [-0.2, 0) is 25.5 Å². The van der Waals surface area contributed by atoms with Gasteiger partial charge in [0.1, 0.15) is 12.1 Å². The van der Waals surface area contributed by atoms with E-state index < -0.39 is 29.9 Å². The molecule has 156 valence electrons. The summed E-state index contributed by atoms with van der Waals surface area (Å²) < 4.78 is 5.16. The highest BCUT2D eigenvalue weighted by molar-refractivity contribution is 6.28. The van der Waals surface area contributed by atoms with Crippen LogP contribution in [0.15, 0.2) is 30.3 Å². The van der Waals surface area contributed by atoms with E-state index in [1.54, 1.807) is 13.8 Å². The number of carbonyl (C=O) groups excluding carboxylic acids is 3. The second kappa shape index (κ2) is 11.2. The van der Waals surface area contributed by atoms with Crippen molar-refractivity contribution in [1.82, 2.24) is 10.2 Å². The van der Waals surface area contributed by atoms with Gasteiger partial charge in [0, 0.05) is 6.54 Å². The second-order valence-electron chi connectivity index (χ2n) is 7.05. The van der Waals surface area contributed by atoms with E-state index >= 15 is 0 Å². The monoisotopic (exact) mass is 400 g/mol. The number of rotatable bonds is 10. The summed E-state index contributed by atoms with van der Waals surface area (Å²) in [5, 5.41) is 3.08. The van der Waals surface area contributed by atoms with Crippen molar-refractivity contribution >= 4 is 23.9 Å². The van der Waals surface area contributed by atoms with Gasteiger partial charge in [0.2, 0.25) is 5.91 Å². The molecule has 1 aliphatic heterocycles. The van der Waals surface area contributed by atoms with Crippen molar-refractivity contribution in [2.24, 2.45) is 0 Å². The largest absolute Gasteiger partial charge is 0.465 e. The Balaban J connectivity index is 2.04. The van der Waals surface area contributed by atoms with E-state index in [1.807, 2.05) is 30.3 Å². The number of esters is 1. The molecule has 2 rings (SSSR count). The van der Waals surface area contributed by atoms with Crippen LogP contribution in [-0.4, -0.2) is 64.8 Å². The average Bonchev–Trinajstić information content (AvgIpc) is 3.21. The highest BCUT2D eigenvalue weighted by Gasteiger charge is 2.37. The zero-order valence-corrected chi connectivity index (χ0v) is 16.9. The predicted molar refractivity (Wildman–Crippen MR) is 107 cm³/mol. The van der Waals surface area contributed by atoms with Crippen molar-refractivity contribution in [1.29, 1.82) is 0 Å². The SMILES string of the molecule is CCOC(=O)C(CCc1ccccc1)N[C@@H](C)C(=O)N1CCC[C@H]1C(=O)C=[N+]=[N-]. The summed E-state index contributed by atoms with van der Waals surface area (Å²) in [5.74, 6) is -1.07. The third-order valence-electron chi connectivity index (χ3n) is 5.01. The van der Waals surface area contributed by atoms with Gasteiger partial charge in [-0.25, -0.2) is 0 Å². The predicted octanol–water partition coefficient (Wildman–Crippen LogP) is 1.39. The minimum Gasteiger partial charge on any atom is -0.465 e. The smallest absolute Gasteiger partial charge is 0.325 e. The number of carbonyl (C=O) groups is 3. The van der Waals surface area contributed by atoms with Crippen LogP contribution in [0.1, 0.15) is 38.7 Å². The zero-order valence-electron chi connectivity index (χ0n) is 16.9. The summed E-state index contributed by atoms with van der Waals surface area (Å²) in [5.41, 5.74) is 9.69. The number of likely N-dealkylation sites (tertiary alicyclic amines) is 1. The maximum atomic E-state index is 12.9. The van der Waals surface area contributed by atoms with Gasteiger partial charge in [0.05, 0.1) is 12.6 Å². The number of nitrogens with zero attached hydrogens (tertiary/aromatic N) is 3. The molecule has 1 fully saturated rings. The van der Waals surface area contributed by atoms with Gasteiger partial charge in [-0.15, -0.1) is 0 Å². The first-order valence-corrected chi connectivity index (χ1v) is 9.96. The number of hydrogen-bond acceptors (Lipinski definition) is 5. The Bertz CT molecular complexity index is 761. The molecular formula is C21H28N4O4. The van der Waals surface area contributed by atoms with Crippen LogP contribution in [0, 0.1) is 0 Å². The number of benzene rings is 1. The fourth-order valence-corrected chi connectivity index (χ4v) is 3.56. The lowest BCUT2D eigenvalue weighted by Gasteiger charge is -2.28. The first kappa shape index (κ1) is 22.5. The third kappa shape index (κ3) is 6.34. The number of ketones is 1. The number of ether oxygens (including phenoxy) is 1. The van der Waals surface area contributed by atoms with E-state index in [2.05, 4.69) is 10.1 Å². The molecule has 0 radical (unpaired) electrons. The highest BCUT2D eigenvalue weighted by Crippen LogP contribution is 2.19. The Kier molecular flexibility index (Phi) is 8.70. The van der Waals surface area contributed by atoms with Gasteiger partial charge >= 0.3 is 12.2 Å². The number of amides is 1. The number of aryl methyl sites for hydroxylation is 1. The van der Waals surface area contributed by atoms with Gasteiger partial charge in [0.15, 0.2) is 0 Å². The fraction of sp³-hybridized carbons (Fsp3) is 0.524. The number of nitrogens with one attached hydrogen (secondary N) is 1. The molecule has 1 aromatic rings. The Hall–Kier alpha value is -2.83. The maximum Gasteiger partial charge on any atom is 0.325 e. The van der Waals surface area contributed by atoms with Crippen molar-refractivity contribution in [3.05, 3.63) is 41.4 Å². The van der Waals surface area contributed by atoms with E-state index in [0.29, 0.717) is 32.2 Å². The van der Waals surface area contributed by atoms with Gasteiger partial charge in [-0.2, -0.15) is 4.79 Å². The molecule has 1 amide bonds. The Morgan fingerprint density at radius 1 is 1.34 bits per heavy atom. The Morgan fingerprint density at radius 3 is 2.72 bits per heavy atom. The minimum atomic E-state index is -0.667. The van der Waals surface area contributed by atoms with E-state index in [1.165, 1.54) is 4.90 Å². The number of Topliss-reactive ketones (excluding diaryl/α,β-unsaturated/α-hetero) is 1. The van der Waals surface area contributed by atoms with E-state index in [-0.39, 0.29) is 12.5 Å². The summed E-state index contributed by atoms with van der Waals surface area (Å²) in [6, 6.07) is 7.85. The molecule has 0 aromatic heterocycles. The second-order valence-corrected chi connectivity index (χ2v) is 7.05. The van der Waals surface area contributed by atoms with Crippen LogP contribution in [0.3, 0.4) is 0 Å².